The van der Waals surface area contributed by atoms with Crippen molar-refractivity contribution in [3.63, 3.8) is 0 Å². The molecular weight excluding hydrogens is 713 g/mol. The summed E-state index contributed by atoms with van der Waals surface area (Å²) < 4.78 is 2.39. The number of hydrogen-bond acceptors (Lipinski definition) is 1. The third-order valence-electron chi connectivity index (χ3n) is 12.4. The first-order chi connectivity index (χ1) is 29.0. The standard InChI is InChI=1S/C57H42N2/c1-57(2)53-25-11-9-23-49(53)50-34-32-48(38-54(50)57)58(46-30-27-40(28-31-46)39-15-5-3-6-16-39)47-22-14-19-43(36-47)41-17-13-18-42(35-41)44-29-33-52-51-24-10-12-26-55(51)59(56(52)37-44)45-20-7-4-8-21-45/h3-38H,1-2H3. The van der Waals surface area contributed by atoms with Crippen LogP contribution in [-0.4, -0.2) is 4.57 Å². The monoisotopic (exact) mass is 754 g/mol. The highest BCUT2D eigenvalue weighted by atomic mass is 15.1. The molecule has 59 heavy (non-hydrogen) atoms. The molecule has 0 saturated heterocycles. The summed E-state index contributed by atoms with van der Waals surface area (Å²) in [5.74, 6) is 0. The van der Waals surface area contributed by atoms with Crippen LogP contribution < -0.4 is 4.90 Å². The molecule has 0 amide bonds. The molecule has 1 heterocycles. The third kappa shape index (κ3) is 5.87. The molecule has 0 atom stereocenters. The van der Waals surface area contributed by atoms with Crippen molar-refractivity contribution in [2.45, 2.75) is 19.3 Å². The first kappa shape index (κ1) is 34.8. The Morgan fingerprint density at radius 3 is 1.68 bits per heavy atom. The fourth-order valence-electron chi connectivity index (χ4n) is 9.42. The lowest BCUT2D eigenvalue weighted by atomic mass is 9.82. The number of rotatable bonds is 7. The lowest BCUT2D eigenvalue weighted by Gasteiger charge is -2.28. The quantitative estimate of drug-likeness (QED) is 0.157. The molecule has 0 unspecified atom stereocenters. The third-order valence-corrected chi connectivity index (χ3v) is 12.4. The van der Waals surface area contributed by atoms with Crippen LogP contribution >= 0.6 is 0 Å². The smallest absolute Gasteiger partial charge is 0.0547 e. The second-order valence-corrected chi connectivity index (χ2v) is 16.2. The van der Waals surface area contributed by atoms with Crippen molar-refractivity contribution in [1.82, 2.24) is 4.57 Å². The highest BCUT2D eigenvalue weighted by Crippen LogP contribution is 2.51. The van der Waals surface area contributed by atoms with E-state index in [0.29, 0.717) is 0 Å². The second-order valence-electron chi connectivity index (χ2n) is 16.2. The molecule has 0 radical (unpaired) electrons. The minimum absolute atomic E-state index is 0.106. The van der Waals surface area contributed by atoms with Crippen LogP contribution in [0.2, 0.25) is 0 Å². The van der Waals surface area contributed by atoms with Crippen LogP contribution in [0.15, 0.2) is 218 Å². The van der Waals surface area contributed by atoms with E-state index in [1.54, 1.807) is 0 Å². The molecule has 280 valence electrons. The van der Waals surface area contributed by atoms with Crippen molar-refractivity contribution in [1.29, 1.82) is 0 Å². The molecule has 0 saturated carbocycles. The summed E-state index contributed by atoms with van der Waals surface area (Å²) in [4.78, 5) is 2.41. The Labute approximate surface area is 345 Å². The van der Waals surface area contributed by atoms with Gasteiger partial charge in [0.05, 0.1) is 11.0 Å². The van der Waals surface area contributed by atoms with Crippen LogP contribution in [0.5, 0.6) is 0 Å². The van der Waals surface area contributed by atoms with Crippen LogP contribution in [0, 0.1) is 0 Å². The topological polar surface area (TPSA) is 8.17 Å². The predicted molar refractivity (Wildman–Crippen MR) is 249 cm³/mol. The fraction of sp³-hybridized carbons (Fsp3) is 0.0526. The van der Waals surface area contributed by atoms with Gasteiger partial charge >= 0.3 is 0 Å². The van der Waals surface area contributed by atoms with Crippen LogP contribution in [0.1, 0.15) is 25.0 Å². The molecule has 1 aliphatic carbocycles. The van der Waals surface area contributed by atoms with Gasteiger partial charge in [0, 0.05) is 38.9 Å². The molecule has 10 aromatic rings. The van der Waals surface area contributed by atoms with Crippen molar-refractivity contribution in [3.05, 3.63) is 230 Å². The molecule has 0 spiro atoms. The number of benzene rings is 9. The maximum absolute atomic E-state index is 2.42. The first-order valence-corrected chi connectivity index (χ1v) is 20.5. The largest absolute Gasteiger partial charge is 0.310 e. The van der Waals surface area contributed by atoms with Crippen LogP contribution in [0.25, 0.3) is 72.0 Å². The predicted octanol–water partition coefficient (Wildman–Crippen LogP) is 15.6. The van der Waals surface area contributed by atoms with Gasteiger partial charge in [-0.2, -0.15) is 0 Å². The van der Waals surface area contributed by atoms with E-state index in [-0.39, 0.29) is 5.41 Å². The number of anilines is 3. The Morgan fingerprint density at radius 2 is 0.881 bits per heavy atom. The van der Waals surface area contributed by atoms with E-state index in [1.807, 2.05) is 0 Å². The zero-order valence-electron chi connectivity index (χ0n) is 33.2. The zero-order chi connectivity index (χ0) is 39.5. The summed E-state index contributed by atoms with van der Waals surface area (Å²) in [5, 5.41) is 2.52. The lowest BCUT2D eigenvalue weighted by molar-refractivity contribution is 0.660. The summed E-state index contributed by atoms with van der Waals surface area (Å²) in [5.41, 5.74) is 19.4. The van der Waals surface area contributed by atoms with Crippen molar-refractivity contribution in [2.24, 2.45) is 0 Å². The lowest BCUT2D eigenvalue weighted by Crippen LogP contribution is -2.16. The number of hydrogen-bond donors (Lipinski definition) is 0. The van der Waals surface area contributed by atoms with Gasteiger partial charge in [-0.15, -0.1) is 0 Å². The molecule has 1 aliphatic rings. The van der Waals surface area contributed by atoms with E-state index >= 15 is 0 Å². The molecule has 1 aromatic heterocycles. The van der Waals surface area contributed by atoms with Gasteiger partial charge in [-0.25, -0.2) is 0 Å². The van der Waals surface area contributed by atoms with Gasteiger partial charge in [-0.3, -0.25) is 0 Å². The number of aromatic nitrogens is 1. The summed E-state index contributed by atoms with van der Waals surface area (Å²) in [6.45, 7) is 4.71. The average molecular weight is 755 g/mol. The minimum atomic E-state index is -0.106. The van der Waals surface area contributed by atoms with Crippen molar-refractivity contribution in [3.8, 4) is 50.2 Å². The van der Waals surface area contributed by atoms with Crippen molar-refractivity contribution in [2.75, 3.05) is 4.90 Å². The van der Waals surface area contributed by atoms with Crippen molar-refractivity contribution < 1.29 is 0 Å². The van der Waals surface area contributed by atoms with Gasteiger partial charge in [0.2, 0.25) is 0 Å². The number of para-hydroxylation sites is 2. The Balaban J connectivity index is 1.01. The number of fused-ring (bicyclic) bond motifs is 6. The Morgan fingerprint density at radius 1 is 0.339 bits per heavy atom. The normalized spacial score (nSPS) is 12.7. The first-order valence-electron chi connectivity index (χ1n) is 20.5. The van der Waals surface area contributed by atoms with Crippen molar-refractivity contribution >= 4 is 38.9 Å². The molecule has 0 N–H and O–H groups in total. The Hall–Kier alpha value is -7.42. The zero-order valence-corrected chi connectivity index (χ0v) is 33.2. The highest BCUT2D eigenvalue weighted by molar-refractivity contribution is 6.10. The average Bonchev–Trinajstić information content (AvgIpc) is 3.75. The molecule has 9 aromatic carbocycles. The molecule has 0 bridgehead atoms. The summed E-state index contributed by atoms with van der Waals surface area (Å²) >= 11 is 0. The van der Waals surface area contributed by atoms with Crippen LogP contribution in [-0.2, 0) is 5.41 Å². The minimum Gasteiger partial charge on any atom is -0.310 e. The molecular formula is C57H42N2. The van der Waals surface area contributed by atoms with Gasteiger partial charge in [-0.05, 0) is 122 Å². The van der Waals surface area contributed by atoms with E-state index < -0.39 is 0 Å². The summed E-state index contributed by atoms with van der Waals surface area (Å²) in [6.07, 6.45) is 0. The van der Waals surface area contributed by atoms with Crippen LogP contribution in [0.4, 0.5) is 17.1 Å². The van der Waals surface area contributed by atoms with E-state index in [1.165, 1.54) is 77.4 Å². The maximum atomic E-state index is 2.42. The molecule has 2 heteroatoms. The second kappa shape index (κ2) is 13.9. The molecule has 2 nitrogen and oxygen atoms in total. The van der Waals surface area contributed by atoms with Crippen LogP contribution in [0.3, 0.4) is 0 Å². The van der Waals surface area contributed by atoms with E-state index in [9.17, 15) is 0 Å². The SMILES string of the molecule is CC1(C)c2ccccc2-c2ccc(N(c3ccc(-c4ccccc4)cc3)c3cccc(-c4cccc(-c5ccc6c7ccccc7n(-c7ccccc7)c6c5)c4)c3)cc21. The molecule has 0 fully saturated rings. The van der Waals surface area contributed by atoms with E-state index in [2.05, 4.69) is 242 Å². The van der Waals surface area contributed by atoms with E-state index in [0.717, 1.165) is 22.7 Å². The maximum Gasteiger partial charge on any atom is 0.0547 e. The highest BCUT2D eigenvalue weighted by Gasteiger charge is 2.35. The van der Waals surface area contributed by atoms with Gasteiger partial charge in [0.25, 0.3) is 0 Å². The van der Waals surface area contributed by atoms with Gasteiger partial charge in [0.15, 0.2) is 0 Å². The van der Waals surface area contributed by atoms with E-state index in [4.69, 9.17) is 0 Å². The number of nitrogens with zero attached hydrogens (tertiary/aromatic N) is 2. The van der Waals surface area contributed by atoms with Gasteiger partial charge in [-0.1, -0.05) is 166 Å². The van der Waals surface area contributed by atoms with Gasteiger partial charge in [0.1, 0.15) is 0 Å². The Kier molecular flexibility index (Phi) is 8.20. The summed E-state index contributed by atoms with van der Waals surface area (Å²) in [7, 11) is 0. The fourth-order valence-corrected chi connectivity index (χ4v) is 9.42. The summed E-state index contributed by atoms with van der Waals surface area (Å²) in [6, 6.07) is 79.8. The molecule has 0 aliphatic heterocycles. The van der Waals surface area contributed by atoms with Gasteiger partial charge < -0.3 is 9.47 Å². The Bertz CT molecular complexity index is 3170. The molecule has 11 rings (SSSR count).